The molecule has 1 amide bonds. The number of hydrogen-bond acceptors (Lipinski definition) is 6. The van der Waals surface area contributed by atoms with Gasteiger partial charge < -0.3 is 15.0 Å². The monoisotopic (exact) mass is 449 g/mol. The van der Waals surface area contributed by atoms with E-state index in [2.05, 4.69) is 15.2 Å². The van der Waals surface area contributed by atoms with Crippen LogP contribution in [0.15, 0.2) is 40.5 Å². The number of nitrogens with one attached hydrogen (secondary N) is 1. The summed E-state index contributed by atoms with van der Waals surface area (Å²) >= 11 is 7.65. The Bertz CT molecular complexity index is 897. The van der Waals surface area contributed by atoms with E-state index < -0.39 is 5.41 Å². The van der Waals surface area contributed by atoms with E-state index in [0.29, 0.717) is 23.6 Å². The lowest BCUT2D eigenvalue weighted by molar-refractivity contribution is -0.139. The van der Waals surface area contributed by atoms with Crippen LogP contribution in [0.2, 0.25) is 0 Å². The van der Waals surface area contributed by atoms with E-state index in [4.69, 9.17) is 16.3 Å². The van der Waals surface area contributed by atoms with E-state index in [9.17, 15) is 9.59 Å². The van der Waals surface area contributed by atoms with Crippen LogP contribution < -0.4 is 5.32 Å². The van der Waals surface area contributed by atoms with Crippen molar-refractivity contribution in [2.24, 2.45) is 10.4 Å². The minimum atomic E-state index is -0.682. The van der Waals surface area contributed by atoms with E-state index in [1.54, 1.807) is 32.5 Å². The van der Waals surface area contributed by atoms with Gasteiger partial charge in [0.1, 0.15) is 0 Å². The molecule has 30 heavy (non-hydrogen) atoms. The number of alkyl halides is 1. The van der Waals surface area contributed by atoms with Gasteiger partial charge in [-0.2, -0.15) is 0 Å². The first-order valence-electron chi connectivity index (χ1n) is 10.1. The third-order valence-electron chi connectivity index (χ3n) is 5.16. The van der Waals surface area contributed by atoms with Gasteiger partial charge in [0.25, 0.3) is 0 Å². The van der Waals surface area contributed by atoms with Crippen molar-refractivity contribution in [3.05, 3.63) is 41.1 Å². The normalized spacial score (nSPS) is 19.2. The molecule has 0 bridgehead atoms. The first kappa shape index (κ1) is 22.7. The maximum atomic E-state index is 12.8. The summed E-state index contributed by atoms with van der Waals surface area (Å²) in [5, 5.41) is 3.88. The summed E-state index contributed by atoms with van der Waals surface area (Å²) in [6.45, 7) is 8.37. The van der Waals surface area contributed by atoms with Crippen LogP contribution in [0.1, 0.15) is 45.7 Å². The van der Waals surface area contributed by atoms with E-state index in [1.807, 2.05) is 31.2 Å². The van der Waals surface area contributed by atoms with Crippen LogP contribution in [-0.2, 0) is 14.3 Å². The van der Waals surface area contributed by atoms with Gasteiger partial charge in [-0.25, -0.2) is 9.79 Å². The lowest BCUT2D eigenvalue weighted by Gasteiger charge is -2.40. The fourth-order valence-electron chi connectivity index (χ4n) is 3.43. The van der Waals surface area contributed by atoms with E-state index >= 15 is 0 Å². The van der Waals surface area contributed by atoms with Crippen molar-refractivity contribution in [1.29, 1.82) is 0 Å². The van der Waals surface area contributed by atoms with E-state index in [1.165, 1.54) is 0 Å². The van der Waals surface area contributed by atoms with Gasteiger partial charge in [0.2, 0.25) is 5.91 Å². The summed E-state index contributed by atoms with van der Waals surface area (Å²) in [5.74, 6) is 0.733. The number of benzene rings is 1. The van der Waals surface area contributed by atoms with Crippen molar-refractivity contribution in [3.63, 3.8) is 0 Å². The number of aliphatic imine (C=N–C) groups is 1. The van der Waals surface area contributed by atoms with Crippen molar-refractivity contribution in [3.8, 4) is 0 Å². The average molecular weight is 450 g/mol. The summed E-state index contributed by atoms with van der Waals surface area (Å²) in [5.41, 5.74) is 2.13. The Morgan fingerprint density at radius 1 is 1.40 bits per heavy atom. The predicted octanol–water partition coefficient (Wildman–Crippen LogP) is 4.58. The highest BCUT2D eigenvalue weighted by atomic mass is 35.5. The number of amidine groups is 1. The van der Waals surface area contributed by atoms with Crippen LogP contribution in [0, 0.1) is 5.41 Å². The molecule has 0 spiro atoms. The highest BCUT2D eigenvalue weighted by molar-refractivity contribution is 8.13. The molecule has 2 aliphatic rings. The van der Waals surface area contributed by atoms with Crippen molar-refractivity contribution < 1.29 is 14.3 Å². The van der Waals surface area contributed by atoms with Crippen molar-refractivity contribution in [1.82, 2.24) is 4.90 Å². The van der Waals surface area contributed by atoms with Crippen LogP contribution in [0.3, 0.4) is 0 Å². The van der Waals surface area contributed by atoms with Crippen LogP contribution in [0.4, 0.5) is 5.69 Å². The molecule has 0 saturated carbocycles. The van der Waals surface area contributed by atoms with Gasteiger partial charge in [0.05, 0.1) is 29.3 Å². The molecule has 0 aromatic heterocycles. The smallest absolute Gasteiger partial charge is 0.338 e. The number of esters is 1. The number of ether oxygens (including phenoxy) is 1. The molecular weight excluding hydrogens is 422 g/mol. The Morgan fingerprint density at radius 3 is 2.87 bits per heavy atom. The predicted molar refractivity (Wildman–Crippen MR) is 123 cm³/mol. The van der Waals surface area contributed by atoms with Gasteiger partial charge >= 0.3 is 5.97 Å². The number of allylic oxidation sites excluding steroid dienone is 1. The lowest BCUT2D eigenvalue weighted by Crippen LogP contribution is -2.42. The Balaban J connectivity index is 2.00. The molecule has 1 saturated heterocycles. The fraction of sp³-hybridized carbons (Fsp3) is 0.500. The molecule has 162 valence electrons. The third-order valence-corrected chi connectivity index (χ3v) is 6.91. The van der Waals surface area contributed by atoms with Crippen LogP contribution >= 0.6 is 23.4 Å². The van der Waals surface area contributed by atoms with Crippen molar-refractivity contribution in [2.75, 3.05) is 30.1 Å². The lowest BCUT2D eigenvalue weighted by atomic mass is 9.93. The standard InChI is InChI=1S/C22H28ClN3O3S/c1-5-29-19(27)17-14(2)24-21-26(10-7-11-30-21)18(17)15-8-6-9-16(12-15)25-20(28)22(3,4)13-23/h6,8-9,12,18H,5,7,10-11,13H2,1-4H3,(H,25,28). The maximum Gasteiger partial charge on any atom is 0.338 e. The minimum Gasteiger partial charge on any atom is -0.463 e. The van der Waals surface area contributed by atoms with Gasteiger partial charge in [-0.1, -0.05) is 23.9 Å². The average Bonchev–Trinajstić information content (AvgIpc) is 2.73. The quantitative estimate of drug-likeness (QED) is 0.508. The zero-order chi connectivity index (χ0) is 21.9. The number of halogens is 1. The van der Waals surface area contributed by atoms with Gasteiger partial charge in [-0.05, 0) is 51.8 Å². The largest absolute Gasteiger partial charge is 0.463 e. The molecule has 2 heterocycles. The second kappa shape index (κ2) is 9.43. The van der Waals surface area contributed by atoms with Crippen LogP contribution in [0.5, 0.6) is 0 Å². The molecule has 6 nitrogen and oxygen atoms in total. The summed E-state index contributed by atoms with van der Waals surface area (Å²) in [6, 6.07) is 7.32. The zero-order valence-corrected chi connectivity index (χ0v) is 19.4. The maximum absolute atomic E-state index is 12.8. The molecule has 1 atom stereocenters. The zero-order valence-electron chi connectivity index (χ0n) is 17.8. The highest BCUT2D eigenvalue weighted by Gasteiger charge is 2.38. The second-order valence-corrected chi connectivity index (χ2v) is 9.34. The molecule has 1 unspecified atom stereocenters. The molecule has 1 N–H and O–H groups in total. The SMILES string of the molecule is CCOC(=O)C1=C(C)N=C2SCCCN2C1c1cccc(NC(=O)C(C)(C)CCl)c1. The summed E-state index contributed by atoms with van der Waals surface area (Å²) < 4.78 is 5.35. The number of hydrogen-bond donors (Lipinski definition) is 1. The van der Waals surface area contributed by atoms with Gasteiger partial charge in [0, 0.05) is 23.9 Å². The molecule has 2 aliphatic heterocycles. The molecular formula is C22H28ClN3O3S. The first-order valence-corrected chi connectivity index (χ1v) is 11.6. The molecule has 3 rings (SSSR count). The number of carbonyl (C=O) groups excluding carboxylic acids is 2. The number of carbonyl (C=O) groups is 2. The second-order valence-electron chi connectivity index (χ2n) is 8.01. The number of rotatable bonds is 6. The van der Waals surface area contributed by atoms with Crippen molar-refractivity contribution >= 4 is 46.1 Å². The topological polar surface area (TPSA) is 71.0 Å². The Hall–Kier alpha value is -1.99. The van der Waals surface area contributed by atoms with Crippen molar-refractivity contribution in [2.45, 2.75) is 40.2 Å². The van der Waals surface area contributed by atoms with Gasteiger partial charge in [-0.15, -0.1) is 11.6 Å². The molecule has 0 aliphatic carbocycles. The molecule has 1 fully saturated rings. The Morgan fingerprint density at radius 2 is 2.17 bits per heavy atom. The number of amides is 1. The van der Waals surface area contributed by atoms with Gasteiger partial charge in [-0.3, -0.25) is 4.79 Å². The summed E-state index contributed by atoms with van der Waals surface area (Å²) in [7, 11) is 0. The van der Waals surface area contributed by atoms with Gasteiger partial charge in [0.15, 0.2) is 5.17 Å². The fourth-order valence-corrected chi connectivity index (χ4v) is 4.57. The Labute approximate surface area is 187 Å². The third kappa shape index (κ3) is 4.67. The molecule has 8 heteroatoms. The minimum absolute atomic E-state index is 0.147. The summed E-state index contributed by atoms with van der Waals surface area (Å²) in [4.78, 5) is 32.3. The summed E-state index contributed by atoms with van der Waals surface area (Å²) in [6.07, 6.45) is 1.01. The van der Waals surface area contributed by atoms with Crippen LogP contribution in [-0.4, -0.2) is 46.7 Å². The van der Waals surface area contributed by atoms with E-state index in [0.717, 1.165) is 29.4 Å². The number of thioether (sulfide) groups is 1. The number of nitrogens with zero attached hydrogens (tertiary/aromatic N) is 2. The molecule has 1 aromatic carbocycles. The number of anilines is 1. The molecule has 1 aromatic rings. The number of fused-ring (bicyclic) bond motifs is 1. The molecule has 0 radical (unpaired) electrons. The Kier molecular flexibility index (Phi) is 7.14. The first-order chi connectivity index (χ1) is 14.3. The van der Waals surface area contributed by atoms with E-state index in [-0.39, 0.29) is 23.8 Å². The van der Waals surface area contributed by atoms with Crippen LogP contribution in [0.25, 0.3) is 0 Å². The highest BCUT2D eigenvalue weighted by Crippen LogP contribution is 2.40.